The fraction of sp³-hybridized carbons (Fsp3) is 0.400. The number of allylic oxidation sites excluding steroid dienone is 4. The molecule has 2 aliphatic heterocycles. The predicted molar refractivity (Wildman–Crippen MR) is 126 cm³/mol. The normalized spacial score (nSPS) is 15.5. The standard InChI is InChI=1S/C25H30N6O2/c1-4-7-23(32)30-13-11-19-15-26-21(14-20(19)16-30)25(33)27-18(3)9-5-8-17(2)24-29-28-22-10-6-12-31(22)24/h5,8-9,14-15H,3-4,6-7,10-13,16H2,1-2H3,(H,27,33)/b9-5-,17-8+. The SMILES string of the molecule is C=C(/C=C\C=C(/C)c1nnc2n1CCC2)NC(=O)c1cc2c(cn1)CCN(C(=O)CCC)C2. The Hall–Kier alpha value is -3.55. The molecule has 0 bridgehead atoms. The Morgan fingerprint density at radius 1 is 1.21 bits per heavy atom. The van der Waals surface area contributed by atoms with Crippen LogP contribution in [0.1, 0.15) is 66.4 Å². The van der Waals surface area contributed by atoms with Gasteiger partial charge in [0.05, 0.1) is 0 Å². The quantitative estimate of drug-likeness (QED) is 0.660. The van der Waals surface area contributed by atoms with Crippen molar-refractivity contribution in [2.45, 2.75) is 59.0 Å². The molecular formula is C25H30N6O2. The van der Waals surface area contributed by atoms with Crippen LogP contribution in [-0.2, 0) is 30.7 Å². The number of aryl methyl sites for hydroxylation is 1. The summed E-state index contributed by atoms with van der Waals surface area (Å²) >= 11 is 0. The summed E-state index contributed by atoms with van der Waals surface area (Å²) in [6, 6.07) is 1.78. The number of hydrogen-bond donors (Lipinski definition) is 1. The highest BCUT2D eigenvalue weighted by Crippen LogP contribution is 2.21. The van der Waals surface area contributed by atoms with E-state index >= 15 is 0 Å². The third-order valence-electron chi connectivity index (χ3n) is 6.02. The second kappa shape index (κ2) is 9.94. The molecule has 0 radical (unpaired) electrons. The van der Waals surface area contributed by atoms with E-state index in [9.17, 15) is 9.59 Å². The van der Waals surface area contributed by atoms with Crippen molar-refractivity contribution in [3.05, 3.63) is 71.2 Å². The van der Waals surface area contributed by atoms with Gasteiger partial charge in [-0.05, 0) is 55.0 Å². The van der Waals surface area contributed by atoms with Crippen LogP contribution in [0.5, 0.6) is 0 Å². The van der Waals surface area contributed by atoms with Gasteiger partial charge in [0.25, 0.3) is 5.91 Å². The Morgan fingerprint density at radius 3 is 2.88 bits per heavy atom. The Morgan fingerprint density at radius 2 is 2.06 bits per heavy atom. The van der Waals surface area contributed by atoms with Crippen molar-refractivity contribution in [3.8, 4) is 0 Å². The molecule has 0 aromatic carbocycles. The van der Waals surface area contributed by atoms with Gasteiger partial charge >= 0.3 is 0 Å². The molecule has 0 unspecified atom stereocenters. The number of nitrogens with one attached hydrogen (secondary N) is 1. The minimum atomic E-state index is -0.319. The second-order valence-electron chi connectivity index (χ2n) is 8.54. The summed E-state index contributed by atoms with van der Waals surface area (Å²) in [6.45, 7) is 10.1. The van der Waals surface area contributed by atoms with E-state index in [2.05, 4.69) is 31.6 Å². The first-order chi connectivity index (χ1) is 16.0. The first-order valence-electron chi connectivity index (χ1n) is 11.5. The summed E-state index contributed by atoms with van der Waals surface area (Å²) in [7, 11) is 0. The molecule has 2 aromatic heterocycles. The average Bonchev–Trinajstić information content (AvgIpc) is 3.42. The summed E-state index contributed by atoms with van der Waals surface area (Å²) in [4.78, 5) is 31.1. The van der Waals surface area contributed by atoms with E-state index in [0.717, 1.165) is 60.6 Å². The molecule has 172 valence electrons. The Kier molecular flexibility index (Phi) is 6.82. The van der Waals surface area contributed by atoms with E-state index in [1.165, 1.54) is 0 Å². The summed E-state index contributed by atoms with van der Waals surface area (Å²) in [6.07, 6.45) is 11.5. The molecule has 2 aromatic rings. The van der Waals surface area contributed by atoms with Gasteiger partial charge < -0.3 is 14.8 Å². The minimum Gasteiger partial charge on any atom is -0.338 e. The number of amides is 2. The molecule has 0 spiro atoms. The lowest BCUT2D eigenvalue weighted by atomic mass is 10.0. The smallest absolute Gasteiger partial charge is 0.274 e. The molecule has 1 N–H and O–H groups in total. The molecule has 4 heterocycles. The maximum atomic E-state index is 12.7. The zero-order chi connectivity index (χ0) is 23.4. The third kappa shape index (κ3) is 5.10. The van der Waals surface area contributed by atoms with Crippen LogP contribution in [0, 0.1) is 0 Å². The highest BCUT2D eigenvalue weighted by Gasteiger charge is 2.22. The predicted octanol–water partition coefficient (Wildman–Crippen LogP) is 3.21. The molecule has 0 saturated carbocycles. The monoisotopic (exact) mass is 446 g/mol. The first-order valence-corrected chi connectivity index (χ1v) is 11.5. The van der Waals surface area contributed by atoms with Crippen molar-refractivity contribution >= 4 is 17.4 Å². The van der Waals surface area contributed by atoms with Gasteiger partial charge in [-0.25, -0.2) is 0 Å². The van der Waals surface area contributed by atoms with Crippen molar-refractivity contribution in [3.63, 3.8) is 0 Å². The Labute approximate surface area is 194 Å². The van der Waals surface area contributed by atoms with Crippen LogP contribution in [0.3, 0.4) is 0 Å². The number of carbonyl (C=O) groups is 2. The maximum absolute atomic E-state index is 12.7. The number of rotatable bonds is 7. The van der Waals surface area contributed by atoms with E-state index in [4.69, 9.17) is 0 Å². The first kappa shape index (κ1) is 22.6. The van der Waals surface area contributed by atoms with Gasteiger partial charge in [-0.3, -0.25) is 14.6 Å². The van der Waals surface area contributed by atoms with Crippen LogP contribution in [0.25, 0.3) is 5.57 Å². The third-order valence-corrected chi connectivity index (χ3v) is 6.02. The van der Waals surface area contributed by atoms with Gasteiger partial charge in [0.15, 0.2) is 5.82 Å². The van der Waals surface area contributed by atoms with E-state index < -0.39 is 0 Å². The fourth-order valence-electron chi connectivity index (χ4n) is 4.22. The number of pyridine rings is 1. The lowest BCUT2D eigenvalue weighted by Crippen LogP contribution is -2.36. The van der Waals surface area contributed by atoms with E-state index in [1.54, 1.807) is 18.3 Å². The van der Waals surface area contributed by atoms with E-state index in [1.807, 2.05) is 30.9 Å². The molecule has 0 aliphatic carbocycles. The molecule has 2 amide bonds. The fourth-order valence-corrected chi connectivity index (χ4v) is 4.22. The molecule has 8 heteroatoms. The Bertz CT molecular complexity index is 1140. The number of aromatic nitrogens is 4. The lowest BCUT2D eigenvalue weighted by molar-refractivity contribution is -0.132. The molecule has 33 heavy (non-hydrogen) atoms. The average molecular weight is 447 g/mol. The van der Waals surface area contributed by atoms with Crippen molar-refractivity contribution in [1.29, 1.82) is 0 Å². The maximum Gasteiger partial charge on any atom is 0.274 e. The van der Waals surface area contributed by atoms with Crippen molar-refractivity contribution < 1.29 is 9.59 Å². The highest BCUT2D eigenvalue weighted by atomic mass is 16.2. The van der Waals surface area contributed by atoms with Crippen LogP contribution in [-0.4, -0.2) is 43.0 Å². The van der Waals surface area contributed by atoms with E-state index in [0.29, 0.717) is 30.9 Å². The molecule has 0 saturated heterocycles. The van der Waals surface area contributed by atoms with Gasteiger partial charge in [0.1, 0.15) is 11.5 Å². The zero-order valence-electron chi connectivity index (χ0n) is 19.3. The molecule has 4 rings (SSSR count). The number of nitrogens with zero attached hydrogens (tertiary/aromatic N) is 5. The van der Waals surface area contributed by atoms with Crippen LogP contribution < -0.4 is 5.32 Å². The Balaban J connectivity index is 1.36. The zero-order valence-corrected chi connectivity index (χ0v) is 19.3. The van der Waals surface area contributed by atoms with Crippen LogP contribution in [0.2, 0.25) is 0 Å². The highest BCUT2D eigenvalue weighted by molar-refractivity contribution is 5.94. The number of hydrogen-bond acceptors (Lipinski definition) is 5. The number of carbonyl (C=O) groups excluding carboxylic acids is 2. The molecular weight excluding hydrogens is 416 g/mol. The van der Waals surface area contributed by atoms with E-state index in [-0.39, 0.29) is 11.8 Å². The molecule has 2 aliphatic rings. The topological polar surface area (TPSA) is 93.0 Å². The van der Waals surface area contributed by atoms with Crippen molar-refractivity contribution in [2.24, 2.45) is 0 Å². The largest absolute Gasteiger partial charge is 0.338 e. The van der Waals surface area contributed by atoms with Crippen LogP contribution in [0.15, 0.2) is 42.8 Å². The summed E-state index contributed by atoms with van der Waals surface area (Å²) in [5.74, 6) is 1.75. The number of fused-ring (bicyclic) bond motifs is 2. The minimum absolute atomic E-state index is 0.156. The van der Waals surface area contributed by atoms with Crippen molar-refractivity contribution in [2.75, 3.05) is 6.54 Å². The van der Waals surface area contributed by atoms with Gasteiger partial charge in [-0.1, -0.05) is 25.7 Å². The van der Waals surface area contributed by atoms with Gasteiger partial charge in [0, 0.05) is 44.4 Å². The van der Waals surface area contributed by atoms with Crippen LogP contribution >= 0.6 is 0 Å². The molecule has 0 fully saturated rings. The van der Waals surface area contributed by atoms with Gasteiger partial charge in [-0.15, -0.1) is 10.2 Å². The summed E-state index contributed by atoms with van der Waals surface area (Å²) in [5.41, 5.74) is 3.86. The second-order valence-corrected chi connectivity index (χ2v) is 8.54. The van der Waals surface area contributed by atoms with Crippen molar-refractivity contribution in [1.82, 2.24) is 30.0 Å². The summed E-state index contributed by atoms with van der Waals surface area (Å²) < 4.78 is 2.15. The van der Waals surface area contributed by atoms with Gasteiger partial charge in [0.2, 0.25) is 5.91 Å². The molecule has 8 nitrogen and oxygen atoms in total. The van der Waals surface area contributed by atoms with Gasteiger partial charge in [-0.2, -0.15) is 0 Å². The van der Waals surface area contributed by atoms with Crippen LogP contribution in [0.4, 0.5) is 0 Å². The summed E-state index contributed by atoms with van der Waals surface area (Å²) in [5, 5.41) is 11.3. The molecule has 0 atom stereocenters. The lowest BCUT2D eigenvalue weighted by Gasteiger charge is -2.29.